The third kappa shape index (κ3) is 12.0. The standard InChI is InChI=1S/C18H29N5O10/c1-8(20-12(24)4-3-10(17(30)31)22-13(25)5-6-19)15(27)23-11(18(32)33)7-14(26)21-9(2)16(28)29/h8-11H,3-7,19H2,1-2H3,(H,20,24)(H,21,26)(H,22,25)(H,23,27)(H,28,29)(H,30,31)(H,32,33)/t8-,9-,10+,11-/m0/s1. The lowest BCUT2D eigenvalue weighted by atomic mass is 10.1. The maximum atomic E-state index is 12.2. The average Bonchev–Trinajstić information content (AvgIpc) is 2.69. The van der Waals surface area contributed by atoms with Crippen LogP contribution in [-0.4, -0.2) is 87.6 Å². The van der Waals surface area contributed by atoms with Gasteiger partial charge in [-0.1, -0.05) is 0 Å². The Morgan fingerprint density at radius 3 is 1.67 bits per heavy atom. The van der Waals surface area contributed by atoms with Crippen molar-refractivity contribution >= 4 is 41.5 Å². The highest BCUT2D eigenvalue weighted by atomic mass is 16.4. The highest BCUT2D eigenvalue weighted by Gasteiger charge is 2.28. The predicted molar refractivity (Wildman–Crippen MR) is 110 cm³/mol. The lowest BCUT2D eigenvalue weighted by Gasteiger charge is -2.19. The number of carboxylic acids is 3. The van der Waals surface area contributed by atoms with Crippen LogP contribution >= 0.6 is 0 Å². The number of hydrogen-bond acceptors (Lipinski definition) is 8. The van der Waals surface area contributed by atoms with E-state index in [1.807, 2.05) is 5.32 Å². The molecule has 0 bridgehead atoms. The largest absolute Gasteiger partial charge is 0.480 e. The zero-order valence-corrected chi connectivity index (χ0v) is 18.1. The van der Waals surface area contributed by atoms with E-state index in [4.69, 9.17) is 15.9 Å². The van der Waals surface area contributed by atoms with Crippen LogP contribution in [0.4, 0.5) is 0 Å². The summed E-state index contributed by atoms with van der Waals surface area (Å²) < 4.78 is 0. The average molecular weight is 475 g/mol. The van der Waals surface area contributed by atoms with Gasteiger partial charge in [0, 0.05) is 19.4 Å². The topological polar surface area (TPSA) is 254 Å². The summed E-state index contributed by atoms with van der Waals surface area (Å²) in [6, 6.07) is -5.54. The molecule has 0 aliphatic rings. The van der Waals surface area contributed by atoms with Gasteiger partial charge in [0.15, 0.2) is 0 Å². The van der Waals surface area contributed by atoms with Crippen molar-refractivity contribution in [2.24, 2.45) is 5.73 Å². The van der Waals surface area contributed by atoms with Crippen LogP contribution in [0.15, 0.2) is 0 Å². The molecule has 186 valence electrons. The smallest absolute Gasteiger partial charge is 0.326 e. The number of carboxylic acid groups (broad SMARTS) is 3. The molecule has 0 spiro atoms. The van der Waals surface area contributed by atoms with E-state index >= 15 is 0 Å². The summed E-state index contributed by atoms with van der Waals surface area (Å²) in [5.74, 6) is -7.46. The lowest BCUT2D eigenvalue weighted by Crippen LogP contribution is -2.52. The Morgan fingerprint density at radius 2 is 1.18 bits per heavy atom. The van der Waals surface area contributed by atoms with Crippen LogP contribution in [0.25, 0.3) is 0 Å². The number of amides is 4. The highest BCUT2D eigenvalue weighted by Crippen LogP contribution is 2.01. The summed E-state index contributed by atoms with van der Waals surface area (Å²) in [5.41, 5.74) is 5.21. The van der Waals surface area contributed by atoms with Gasteiger partial charge < -0.3 is 42.3 Å². The first-order valence-corrected chi connectivity index (χ1v) is 9.85. The molecule has 0 aliphatic carbocycles. The Bertz CT molecular complexity index is 772. The molecule has 0 aromatic carbocycles. The third-order valence-corrected chi connectivity index (χ3v) is 4.19. The van der Waals surface area contributed by atoms with Crippen LogP contribution in [0.2, 0.25) is 0 Å². The normalized spacial score (nSPS) is 14.0. The summed E-state index contributed by atoms with van der Waals surface area (Å²) in [7, 11) is 0. The second kappa shape index (κ2) is 14.3. The van der Waals surface area contributed by atoms with Gasteiger partial charge in [-0.15, -0.1) is 0 Å². The zero-order valence-electron chi connectivity index (χ0n) is 18.1. The van der Waals surface area contributed by atoms with Crippen LogP contribution in [0.5, 0.6) is 0 Å². The van der Waals surface area contributed by atoms with Crippen molar-refractivity contribution in [3.63, 3.8) is 0 Å². The number of rotatable bonds is 15. The van der Waals surface area contributed by atoms with Crippen molar-refractivity contribution < 1.29 is 48.9 Å². The van der Waals surface area contributed by atoms with E-state index in [0.717, 1.165) is 0 Å². The summed E-state index contributed by atoms with van der Waals surface area (Å²) >= 11 is 0. The van der Waals surface area contributed by atoms with Gasteiger partial charge in [-0.05, 0) is 20.3 Å². The maximum Gasteiger partial charge on any atom is 0.326 e. The molecule has 0 aromatic heterocycles. The Balaban J connectivity index is 4.76. The molecule has 15 heteroatoms. The molecule has 0 fully saturated rings. The molecule has 0 heterocycles. The van der Waals surface area contributed by atoms with Gasteiger partial charge >= 0.3 is 17.9 Å². The van der Waals surface area contributed by atoms with Crippen LogP contribution in [-0.2, 0) is 33.6 Å². The molecule has 4 atom stereocenters. The molecule has 0 aliphatic heterocycles. The molecule has 4 amide bonds. The minimum atomic E-state index is -1.69. The first-order chi connectivity index (χ1) is 15.3. The number of carbonyl (C=O) groups is 7. The molecule has 0 saturated heterocycles. The fraction of sp³-hybridized carbons (Fsp3) is 0.611. The molecule has 0 unspecified atom stereocenters. The second-order valence-electron chi connectivity index (χ2n) is 7.06. The fourth-order valence-corrected chi connectivity index (χ4v) is 2.35. The van der Waals surface area contributed by atoms with E-state index in [1.54, 1.807) is 0 Å². The van der Waals surface area contributed by atoms with Gasteiger partial charge in [0.05, 0.1) is 6.42 Å². The molecule has 0 rings (SSSR count). The molecule has 0 radical (unpaired) electrons. The summed E-state index contributed by atoms with van der Waals surface area (Å²) in [6.45, 7) is 2.42. The number of hydrogen-bond donors (Lipinski definition) is 8. The van der Waals surface area contributed by atoms with Crippen molar-refractivity contribution in [3.8, 4) is 0 Å². The fourth-order valence-electron chi connectivity index (χ4n) is 2.35. The monoisotopic (exact) mass is 475 g/mol. The van der Waals surface area contributed by atoms with Crippen LogP contribution in [0.3, 0.4) is 0 Å². The molecule has 33 heavy (non-hydrogen) atoms. The number of nitrogens with two attached hydrogens (primary N) is 1. The minimum absolute atomic E-state index is 0.0167. The van der Waals surface area contributed by atoms with Crippen LogP contribution < -0.4 is 27.0 Å². The zero-order chi connectivity index (χ0) is 25.7. The van der Waals surface area contributed by atoms with E-state index in [0.29, 0.717) is 0 Å². The van der Waals surface area contributed by atoms with Crippen molar-refractivity contribution in [1.82, 2.24) is 21.3 Å². The van der Waals surface area contributed by atoms with E-state index in [1.165, 1.54) is 13.8 Å². The van der Waals surface area contributed by atoms with E-state index in [9.17, 15) is 38.7 Å². The molecule has 9 N–H and O–H groups in total. The van der Waals surface area contributed by atoms with Crippen molar-refractivity contribution in [2.75, 3.05) is 6.54 Å². The Labute approximate surface area is 188 Å². The third-order valence-electron chi connectivity index (χ3n) is 4.19. The van der Waals surface area contributed by atoms with Gasteiger partial charge in [-0.3, -0.25) is 24.0 Å². The molecule has 0 aromatic rings. The lowest BCUT2D eigenvalue weighted by molar-refractivity contribution is -0.144. The van der Waals surface area contributed by atoms with Gasteiger partial charge in [0.25, 0.3) is 0 Å². The molecule has 0 saturated carbocycles. The second-order valence-corrected chi connectivity index (χ2v) is 7.06. The van der Waals surface area contributed by atoms with E-state index in [-0.39, 0.29) is 25.8 Å². The number of carbonyl (C=O) groups excluding carboxylic acids is 4. The number of aliphatic carboxylic acids is 3. The Kier molecular flexibility index (Phi) is 12.7. The van der Waals surface area contributed by atoms with E-state index in [2.05, 4.69) is 16.0 Å². The Morgan fingerprint density at radius 1 is 0.667 bits per heavy atom. The Hall–Kier alpha value is -3.75. The van der Waals surface area contributed by atoms with Gasteiger partial charge in [0.2, 0.25) is 23.6 Å². The predicted octanol–water partition coefficient (Wildman–Crippen LogP) is -3.26. The number of nitrogens with one attached hydrogen (secondary N) is 4. The molecular formula is C18H29N5O10. The summed E-state index contributed by atoms with van der Waals surface area (Å²) in [4.78, 5) is 80.7. The highest BCUT2D eigenvalue weighted by molar-refractivity contribution is 5.93. The van der Waals surface area contributed by atoms with Gasteiger partial charge in [-0.2, -0.15) is 0 Å². The van der Waals surface area contributed by atoms with Crippen molar-refractivity contribution in [2.45, 2.75) is 63.7 Å². The summed E-state index contributed by atoms with van der Waals surface area (Å²) in [6.07, 6.45) is -1.48. The minimum Gasteiger partial charge on any atom is -0.480 e. The molecule has 15 nitrogen and oxygen atoms in total. The molecular weight excluding hydrogens is 446 g/mol. The maximum absolute atomic E-state index is 12.2. The van der Waals surface area contributed by atoms with Crippen molar-refractivity contribution in [1.29, 1.82) is 0 Å². The first kappa shape index (κ1) is 29.2. The van der Waals surface area contributed by atoms with Gasteiger partial charge in [0.1, 0.15) is 24.2 Å². The van der Waals surface area contributed by atoms with Gasteiger partial charge in [-0.25, -0.2) is 9.59 Å². The summed E-state index contributed by atoms with van der Waals surface area (Å²) in [5, 5.41) is 35.6. The van der Waals surface area contributed by atoms with Crippen molar-refractivity contribution in [3.05, 3.63) is 0 Å². The van der Waals surface area contributed by atoms with Crippen LogP contribution in [0.1, 0.15) is 39.5 Å². The first-order valence-electron chi connectivity index (χ1n) is 9.85. The van der Waals surface area contributed by atoms with Crippen LogP contribution in [0, 0.1) is 0 Å². The SMILES string of the molecule is C[C@H](NC(=O)C[C@H](NC(=O)[C@H](C)NC(=O)CC[C@@H](NC(=O)CCN)C(=O)O)C(=O)O)C(=O)O. The van der Waals surface area contributed by atoms with E-state index < -0.39 is 72.1 Å². The quantitative estimate of drug-likeness (QED) is 0.117.